The number of para-hydroxylation sites is 1. The molecule has 1 rings (SSSR count). The van der Waals surface area contributed by atoms with Crippen molar-refractivity contribution in [3.63, 3.8) is 0 Å². The Bertz CT molecular complexity index is 394. The fraction of sp³-hybridized carbons (Fsp3) is 0.538. The standard InChI is InChI=1S/C13H16ClF3O2/c1-2-18-11-6-3-5-10(9-14)12(11)19-8-4-7-13(15,16)17/h3,5-6H,2,4,7-9H2,1H3. The van der Waals surface area contributed by atoms with Crippen LogP contribution in [0.3, 0.4) is 0 Å². The highest BCUT2D eigenvalue weighted by Gasteiger charge is 2.26. The van der Waals surface area contributed by atoms with E-state index in [1.54, 1.807) is 18.2 Å². The predicted octanol–water partition coefficient (Wildman–Crippen LogP) is 4.55. The van der Waals surface area contributed by atoms with Crippen LogP contribution < -0.4 is 9.47 Å². The number of halogens is 4. The summed E-state index contributed by atoms with van der Waals surface area (Å²) in [7, 11) is 0. The Hall–Kier alpha value is -1.10. The molecular weight excluding hydrogens is 281 g/mol. The van der Waals surface area contributed by atoms with E-state index >= 15 is 0 Å². The summed E-state index contributed by atoms with van der Waals surface area (Å²) in [5.41, 5.74) is 0.708. The van der Waals surface area contributed by atoms with E-state index in [1.807, 2.05) is 6.92 Å². The monoisotopic (exact) mass is 296 g/mol. The quantitative estimate of drug-likeness (QED) is 0.543. The van der Waals surface area contributed by atoms with Gasteiger partial charge >= 0.3 is 6.18 Å². The molecule has 19 heavy (non-hydrogen) atoms. The van der Waals surface area contributed by atoms with Crippen LogP contribution in [0.1, 0.15) is 25.3 Å². The number of alkyl halides is 4. The van der Waals surface area contributed by atoms with Crippen LogP contribution in [0.4, 0.5) is 13.2 Å². The summed E-state index contributed by atoms with van der Waals surface area (Å²) in [5, 5.41) is 0. The van der Waals surface area contributed by atoms with E-state index in [9.17, 15) is 13.2 Å². The summed E-state index contributed by atoms with van der Waals surface area (Å²) in [4.78, 5) is 0. The molecule has 0 unspecified atom stereocenters. The van der Waals surface area contributed by atoms with E-state index in [2.05, 4.69) is 0 Å². The van der Waals surface area contributed by atoms with Crippen molar-refractivity contribution in [2.24, 2.45) is 0 Å². The second-order valence-corrected chi connectivity index (χ2v) is 4.15. The number of benzene rings is 1. The van der Waals surface area contributed by atoms with Crippen LogP contribution in [0, 0.1) is 0 Å². The Kier molecular flexibility index (Phi) is 6.28. The van der Waals surface area contributed by atoms with Crippen LogP contribution in [-0.4, -0.2) is 19.4 Å². The van der Waals surface area contributed by atoms with E-state index in [-0.39, 0.29) is 18.9 Å². The molecule has 1 aromatic carbocycles. The van der Waals surface area contributed by atoms with Gasteiger partial charge in [-0.1, -0.05) is 12.1 Å². The number of rotatable bonds is 7. The zero-order valence-corrected chi connectivity index (χ0v) is 11.4. The van der Waals surface area contributed by atoms with Crippen molar-refractivity contribution in [3.05, 3.63) is 23.8 Å². The molecule has 0 aliphatic carbocycles. The third kappa shape index (κ3) is 5.59. The molecule has 6 heteroatoms. The molecule has 0 heterocycles. The van der Waals surface area contributed by atoms with Crippen molar-refractivity contribution in [3.8, 4) is 11.5 Å². The van der Waals surface area contributed by atoms with Gasteiger partial charge in [-0.05, 0) is 19.4 Å². The lowest BCUT2D eigenvalue weighted by Gasteiger charge is -2.15. The van der Waals surface area contributed by atoms with Gasteiger partial charge in [0.2, 0.25) is 0 Å². The first-order chi connectivity index (χ1) is 8.98. The molecular formula is C13H16ClF3O2. The highest BCUT2D eigenvalue weighted by Crippen LogP contribution is 2.33. The second kappa shape index (κ2) is 7.48. The predicted molar refractivity (Wildman–Crippen MR) is 68.0 cm³/mol. The molecule has 0 atom stereocenters. The molecule has 2 nitrogen and oxygen atoms in total. The smallest absolute Gasteiger partial charge is 0.389 e. The summed E-state index contributed by atoms with van der Waals surface area (Å²) in [6, 6.07) is 5.23. The van der Waals surface area contributed by atoms with Crippen molar-refractivity contribution in [2.75, 3.05) is 13.2 Å². The summed E-state index contributed by atoms with van der Waals surface area (Å²) in [5.74, 6) is 1.16. The van der Waals surface area contributed by atoms with Crippen molar-refractivity contribution in [1.29, 1.82) is 0 Å². The molecule has 0 fully saturated rings. The molecule has 0 N–H and O–H groups in total. The fourth-order valence-electron chi connectivity index (χ4n) is 1.55. The summed E-state index contributed by atoms with van der Waals surface area (Å²) < 4.78 is 46.8. The van der Waals surface area contributed by atoms with Gasteiger partial charge in [-0.25, -0.2) is 0 Å². The van der Waals surface area contributed by atoms with Gasteiger partial charge in [0.1, 0.15) is 0 Å². The SMILES string of the molecule is CCOc1cccc(CCl)c1OCCCC(F)(F)F. The van der Waals surface area contributed by atoms with Crippen LogP contribution in [-0.2, 0) is 5.88 Å². The van der Waals surface area contributed by atoms with Gasteiger partial charge in [0.15, 0.2) is 11.5 Å². The number of ether oxygens (including phenoxy) is 2. The lowest BCUT2D eigenvalue weighted by Crippen LogP contribution is -2.10. The normalized spacial score (nSPS) is 11.4. The van der Waals surface area contributed by atoms with Gasteiger partial charge in [-0.15, -0.1) is 11.6 Å². The van der Waals surface area contributed by atoms with E-state index in [4.69, 9.17) is 21.1 Å². The van der Waals surface area contributed by atoms with Gasteiger partial charge < -0.3 is 9.47 Å². The van der Waals surface area contributed by atoms with E-state index in [0.717, 1.165) is 0 Å². The third-order valence-corrected chi connectivity index (χ3v) is 2.64. The fourth-order valence-corrected chi connectivity index (χ4v) is 1.76. The molecule has 0 bridgehead atoms. The average molecular weight is 297 g/mol. The number of hydrogen-bond acceptors (Lipinski definition) is 2. The van der Waals surface area contributed by atoms with Crippen molar-refractivity contribution in [1.82, 2.24) is 0 Å². The maximum Gasteiger partial charge on any atom is 0.389 e. The van der Waals surface area contributed by atoms with Gasteiger partial charge in [-0.2, -0.15) is 13.2 Å². The summed E-state index contributed by atoms with van der Waals surface area (Å²) in [6.07, 6.45) is -5.11. The molecule has 0 spiro atoms. The number of hydrogen-bond donors (Lipinski definition) is 0. The first-order valence-electron chi connectivity index (χ1n) is 5.98. The van der Waals surface area contributed by atoms with Gasteiger partial charge in [-0.3, -0.25) is 0 Å². The zero-order valence-electron chi connectivity index (χ0n) is 10.6. The summed E-state index contributed by atoms with van der Waals surface area (Å²) >= 11 is 5.77. The molecule has 0 radical (unpaired) electrons. The Labute approximate surface area is 115 Å². The van der Waals surface area contributed by atoms with E-state index in [0.29, 0.717) is 23.7 Å². The lowest BCUT2D eigenvalue weighted by molar-refractivity contribution is -0.136. The second-order valence-electron chi connectivity index (χ2n) is 3.88. The summed E-state index contributed by atoms with van der Waals surface area (Å²) in [6.45, 7) is 2.25. The topological polar surface area (TPSA) is 18.5 Å². The minimum atomic E-state index is -4.15. The van der Waals surface area contributed by atoms with Crippen molar-refractivity contribution >= 4 is 11.6 Å². The molecule has 108 valence electrons. The van der Waals surface area contributed by atoms with E-state index < -0.39 is 12.6 Å². The average Bonchev–Trinajstić information content (AvgIpc) is 2.35. The minimum Gasteiger partial charge on any atom is -0.490 e. The van der Waals surface area contributed by atoms with Crippen LogP contribution in [0.25, 0.3) is 0 Å². The molecule has 0 saturated carbocycles. The van der Waals surface area contributed by atoms with Gasteiger partial charge in [0, 0.05) is 12.0 Å². The van der Waals surface area contributed by atoms with Crippen LogP contribution in [0.15, 0.2) is 18.2 Å². The molecule has 0 amide bonds. The molecule has 0 saturated heterocycles. The van der Waals surface area contributed by atoms with Crippen LogP contribution >= 0.6 is 11.6 Å². The maximum atomic E-state index is 12.0. The van der Waals surface area contributed by atoms with Crippen LogP contribution in [0.5, 0.6) is 11.5 Å². The molecule has 0 aliphatic heterocycles. The van der Waals surface area contributed by atoms with Crippen molar-refractivity contribution in [2.45, 2.75) is 31.8 Å². The Morgan fingerprint density at radius 1 is 1.21 bits per heavy atom. The third-order valence-electron chi connectivity index (χ3n) is 2.36. The van der Waals surface area contributed by atoms with Gasteiger partial charge in [0.25, 0.3) is 0 Å². The lowest BCUT2D eigenvalue weighted by atomic mass is 10.2. The minimum absolute atomic E-state index is 0.0204. The highest BCUT2D eigenvalue weighted by atomic mass is 35.5. The molecule has 0 aromatic heterocycles. The zero-order chi connectivity index (χ0) is 14.3. The Balaban J connectivity index is 2.64. The van der Waals surface area contributed by atoms with Crippen molar-refractivity contribution < 1.29 is 22.6 Å². The Morgan fingerprint density at radius 2 is 1.95 bits per heavy atom. The maximum absolute atomic E-state index is 12.0. The highest BCUT2D eigenvalue weighted by molar-refractivity contribution is 6.17. The molecule has 1 aromatic rings. The Morgan fingerprint density at radius 3 is 2.53 bits per heavy atom. The first kappa shape index (κ1) is 16.0. The van der Waals surface area contributed by atoms with Gasteiger partial charge in [0.05, 0.1) is 19.1 Å². The first-order valence-corrected chi connectivity index (χ1v) is 6.51. The molecule has 0 aliphatic rings. The largest absolute Gasteiger partial charge is 0.490 e. The van der Waals surface area contributed by atoms with Crippen LogP contribution in [0.2, 0.25) is 0 Å². The van der Waals surface area contributed by atoms with E-state index in [1.165, 1.54) is 0 Å².